The molecule has 3 nitrogen and oxygen atoms in total. The summed E-state index contributed by atoms with van der Waals surface area (Å²) in [7, 11) is 3.92. The molecule has 0 bridgehead atoms. The highest BCUT2D eigenvalue weighted by Gasteiger charge is 2.31. The maximum atomic E-state index is 12.1. The van der Waals surface area contributed by atoms with Gasteiger partial charge < -0.3 is 4.74 Å². The number of likely N-dealkylation sites (N-methyl/N-ethyl adjacent to an activating group) is 1. The van der Waals surface area contributed by atoms with Crippen molar-refractivity contribution in [1.82, 2.24) is 4.90 Å². The fourth-order valence-corrected chi connectivity index (χ4v) is 1.71. The minimum atomic E-state index is -0.335. The summed E-state index contributed by atoms with van der Waals surface area (Å²) >= 11 is 0. The third-order valence-electron chi connectivity index (χ3n) is 3.62. The molecule has 15 heavy (non-hydrogen) atoms. The van der Waals surface area contributed by atoms with E-state index in [1.165, 1.54) is 0 Å². The number of carbonyl (C=O) groups excluding carboxylic acids is 1. The van der Waals surface area contributed by atoms with Crippen molar-refractivity contribution < 1.29 is 9.53 Å². The van der Waals surface area contributed by atoms with Gasteiger partial charge in [-0.3, -0.25) is 9.69 Å². The van der Waals surface area contributed by atoms with Crippen LogP contribution in [0.2, 0.25) is 0 Å². The van der Waals surface area contributed by atoms with Crippen molar-refractivity contribution in [1.29, 1.82) is 0 Å². The van der Waals surface area contributed by atoms with Gasteiger partial charge in [-0.05, 0) is 46.7 Å². The molecule has 0 aromatic carbocycles. The van der Waals surface area contributed by atoms with E-state index in [4.69, 9.17) is 4.74 Å². The summed E-state index contributed by atoms with van der Waals surface area (Å²) in [5.41, 5.74) is -0.335. The zero-order valence-electron chi connectivity index (χ0n) is 10.4. The van der Waals surface area contributed by atoms with Gasteiger partial charge in [-0.2, -0.15) is 0 Å². The summed E-state index contributed by atoms with van der Waals surface area (Å²) < 4.78 is 5.29. The highest BCUT2D eigenvalue weighted by atomic mass is 16.5. The average molecular weight is 213 g/mol. The van der Waals surface area contributed by atoms with E-state index in [-0.39, 0.29) is 5.54 Å². The van der Waals surface area contributed by atoms with E-state index in [1.54, 1.807) is 0 Å². The molecule has 88 valence electrons. The topological polar surface area (TPSA) is 29.5 Å². The van der Waals surface area contributed by atoms with Crippen LogP contribution in [0.15, 0.2) is 0 Å². The van der Waals surface area contributed by atoms with E-state index in [0.29, 0.717) is 18.1 Å². The Bertz CT molecular complexity index is 218. The number of nitrogens with zero attached hydrogens (tertiary/aromatic N) is 1. The van der Waals surface area contributed by atoms with Crippen molar-refractivity contribution in [3.63, 3.8) is 0 Å². The number of hydrogen-bond acceptors (Lipinski definition) is 3. The van der Waals surface area contributed by atoms with Crippen LogP contribution in [0.4, 0.5) is 0 Å². The van der Waals surface area contributed by atoms with E-state index in [0.717, 1.165) is 26.1 Å². The first-order valence-electron chi connectivity index (χ1n) is 5.73. The molecule has 0 aromatic rings. The molecular formula is C12H23NO2. The predicted molar refractivity (Wildman–Crippen MR) is 60.9 cm³/mol. The van der Waals surface area contributed by atoms with E-state index in [1.807, 2.05) is 32.8 Å². The molecule has 0 unspecified atom stereocenters. The van der Waals surface area contributed by atoms with Crippen LogP contribution < -0.4 is 0 Å². The molecule has 0 radical (unpaired) electrons. The molecule has 1 aliphatic rings. The smallest absolute Gasteiger partial charge is 0.152 e. The second-order valence-corrected chi connectivity index (χ2v) is 5.14. The largest absolute Gasteiger partial charge is 0.381 e. The third kappa shape index (κ3) is 3.28. The van der Waals surface area contributed by atoms with Gasteiger partial charge in [0.2, 0.25) is 0 Å². The van der Waals surface area contributed by atoms with Crippen molar-refractivity contribution >= 4 is 5.78 Å². The van der Waals surface area contributed by atoms with Crippen molar-refractivity contribution in [2.24, 2.45) is 5.92 Å². The number of carbonyl (C=O) groups is 1. The van der Waals surface area contributed by atoms with Crippen molar-refractivity contribution in [2.75, 3.05) is 27.3 Å². The number of ether oxygens (including phenoxy) is 1. The van der Waals surface area contributed by atoms with Gasteiger partial charge in [-0.25, -0.2) is 0 Å². The summed E-state index contributed by atoms with van der Waals surface area (Å²) in [6.07, 6.45) is 2.78. The van der Waals surface area contributed by atoms with Crippen LogP contribution in [0.3, 0.4) is 0 Å². The van der Waals surface area contributed by atoms with Crippen LogP contribution >= 0.6 is 0 Å². The Morgan fingerprint density at radius 2 is 1.87 bits per heavy atom. The Hall–Kier alpha value is -0.410. The van der Waals surface area contributed by atoms with Crippen molar-refractivity contribution in [2.45, 2.75) is 38.6 Å². The van der Waals surface area contributed by atoms with E-state index >= 15 is 0 Å². The maximum absolute atomic E-state index is 12.1. The van der Waals surface area contributed by atoms with Crippen LogP contribution in [0.1, 0.15) is 33.1 Å². The summed E-state index contributed by atoms with van der Waals surface area (Å²) in [6.45, 7) is 5.63. The Labute approximate surface area is 92.8 Å². The third-order valence-corrected chi connectivity index (χ3v) is 3.62. The molecule has 3 heteroatoms. The number of rotatable bonds is 4. The first-order valence-corrected chi connectivity index (χ1v) is 5.73. The standard InChI is InChI=1S/C12H23NO2/c1-12(2,13(3)4)11(14)9-10-5-7-15-8-6-10/h10H,5-9H2,1-4H3. The fourth-order valence-electron chi connectivity index (χ4n) is 1.71. The Morgan fingerprint density at radius 3 is 2.33 bits per heavy atom. The van der Waals surface area contributed by atoms with Crippen LogP contribution in [-0.4, -0.2) is 43.5 Å². The number of Topliss-reactive ketones (excluding diaryl/α,β-unsaturated/α-hetero) is 1. The molecule has 0 amide bonds. The lowest BCUT2D eigenvalue weighted by Crippen LogP contribution is -2.46. The lowest BCUT2D eigenvalue weighted by molar-refractivity contribution is -0.129. The highest BCUT2D eigenvalue weighted by molar-refractivity contribution is 5.87. The van der Waals surface area contributed by atoms with Crippen LogP contribution in [0.25, 0.3) is 0 Å². The highest BCUT2D eigenvalue weighted by Crippen LogP contribution is 2.23. The lowest BCUT2D eigenvalue weighted by atomic mass is 9.86. The van der Waals surface area contributed by atoms with Crippen molar-refractivity contribution in [3.8, 4) is 0 Å². The zero-order valence-corrected chi connectivity index (χ0v) is 10.4. The van der Waals surface area contributed by atoms with Crippen LogP contribution in [0, 0.1) is 5.92 Å². The second-order valence-electron chi connectivity index (χ2n) is 5.14. The average Bonchev–Trinajstić information content (AvgIpc) is 2.18. The van der Waals surface area contributed by atoms with Gasteiger partial charge >= 0.3 is 0 Å². The van der Waals surface area contributed by atoms with Crippen molar-refractivity contribution in [3.05, 3.63) is 0 Å². The predicted octanol–water partition coefficient (Wildman–Crippen LogP) is 1.71. The summed E-state index contributed by atoms with van der Waals surface area (Å²) in [6, 6.07) is 0. The van der Waals surface area contributed by atoms with Gasteiger partial charge in [0, 0.05) is 19.6 Å². The first kappa shape index (κ1) is 12.7. The molecule has 1 aliphatic heterocycles. The summed E-state index contributed by atoms with van der Waals surface area (Å²) in [5, 5.41) is 0. The number of hydrogen-bond donors (Lipinski definition) is 0. The molecule has 1 rings (SSSR count). The van der Waals surface area contributed by atoms with Gasteiger partial charge in [0.15, 0.2) is 5.78 Å². The SMILES string of the molecule is CN(C)C(C)(C)C(=O)CC1CCOCC1. The Morgan fingerprint density at radius 1 is 1.33 bits per heavy atom. The molecule has 0 spiro atoms. The van der Waals surface area contributed by atoms with Crippen LogP contribution in [-0.2, 0) is 9.53 Å². The van der Waals surface area contributed by atoms with E-state index in [2.05, 4.69) is 0 Å². The van der Waals surface area contributed by atoms with Gasteiger partial charge in [-0.15, -0.1) is 0 Å². The summed E-state index contributed by atoms with van der Waals surface area (Å²) in [4.78, 5) is 14.1. The first-order chi connectivity index (χ1) is 6.94. The fraction of sp³-hybridized carbons (Fsp3) is 0.917. The zero-order chi connectivity index (χ0) is 11.5. The second kappa shape index (κ2) is 5.08. The molecule has 0 atom stereocenters. The molecule has 0 N–H and O–H groups in total. The molecule has 0 saturated carbocycles. The number of ketones is 1. The molecule has 1 saturated heterocycles. The minimum absolute atomic E-state index is 0.335. The molecule has 1 fully saturated rings. The quantitative estimate of drug-likeness (QED) is 0.712. The van der Waals surface area contributed by atoms with Crippen LogP contribution in [0.5, 0.6) is 0 Å². The van der Waals surface area contributed by atoms with Gasteiger partial charge in [0.05, 0.1) is 5.54 Å². The monoisotopic (exact) mass is 213 g/mol. The van der Waals surface area contributed by atoms with Gasteiger partial charge in [-0.1, -0.05) is 0 Å². The van der Waals surface area contributed by atoms with Gasteiger partial charge in [0.25, 0.3) is 0 Å². The normalized spacial score (nSPS) is 19.5. The Kier molecular flexibility index (Phi) is 4.29. The van der Waals surface area contributed by atoms with Gasteiger partial charge in [0.1, 0.15) is 0 Å². The summed E-state index contributed by atoms with van der Waals surface area (Å²) in [5.74, 6) is 0.880. The molecule has 0 aliphatic carbocycles. The maximum Gasteiger partial charge on any atom is 0.152 e. The van der Waals surface area contributed by atoms with E-state index in [9.17, 15) is 4.79 Å². The molecule has 0 aromatic heterocycles. The Balaban J connectivity index is 2.46. The molecule has 1 heterocycles. The lowest BCUT2D eigenvalue weighted by Gasteiger charge is -2.33. The minimum Gasteiger partial charge on any atom is -0.381 e. The van der Waals surface area contributed by atoms with E-state index < -0.39 is 0 Å². The molecular weight excluding hydrogens is 190 g/mol.